The lowest BCUT2D eigenvalue weighted by Gasteiger charge is -2.38. The Morgan fingerprint density at radius 2 is 2.33 bits per heavy atom. The molecule has 1 aromatic heterocycles. The third kappa shape index (κ3) is 4.98. The summed E-state index contributed by atoms with van der Waals surface area (Å²) >= 11 is 1.32. The lowest BCUT2D eigenvalue weighted by atomic mass is 9.92. The van der Waals surface area contributed by atoms with Gasteiger partial charge in [-0.3, -0.25) is 9.59 Å². The van der Waals surface area contributed by atoms with Gasteiger partial charge in [-0.2, -0.15) is 0 Å². The van der Waals surface area contributed by atoms with E-state index in [0.29, 0.717) is 24.0 Å². The number of carbonyl (C=O) groups is 2. The molecule has 0 aromatic carbocycles. The smallest absolute Gasteiger partial charge is 0.238 e. The van der Waals surface area contributed by atoms with Crippen LogP contribution in [-0.2, 0) is 9.59 Å². The number of carbonyl (C=O) groups excluding carboxylic acids is 2. The predicted octanol–water partition coefficient (Wildman–Crippen LogP) is 1.63. The number of amides is 2. The second-order valence-electron chi connectivity index (χ2n) is 6.37. The first-order chi connectivity index (χ1) is 11.4. The molecule has 0 saturated carbocycles. The monoisotopic (exact) mass is 354 g/mol. The largest absolute Gasteiger partial charge is 0.360 e. The Bertz CT molecular complexity index is 577. The zero-order valence-electron chi connectivity index (χ0n) is 14.4. The molecule has 1 saturated heterocycles. The molecular formula is C16H26N4O3S. The molecule has 2 rings (SSSR count). The van der Waals surface area contributed by atoms with Crippen LogP contribution in [0.4, 0.5) is 5.82 Å². The number of anilines is 1. The fraction of sp³-hybridized carbons (Fsp3) is 0.688. The number of hydrogen-bond donors (Lipinski definition) is 2. The van der Waals surface area contributed by atoms with Crippen molar-refractivity contribution < 1.29 is 14.1 Å². The Kier molecular flexibility index (Phi) is 6.68. The molecule has 1 aromatic rings. The number of aromatic nitrogens is 1. The third-order valence-corrected chi connectivity index (χ3v) is 5.40. The highest BCUT2D eigenvalue weighted by Crippen LogP contribution is 2.23. The number of hydrogen-bond acceptors (Lipinski definition) is 6. The SMILES string of the molecule is Cc1cc(NC(=O)C(C)SCC(=O)N2CCC(C)CC2CN)no1. The van der Waals surface area contributed by atoms with E-state index in [-0.39, 0.29) is 28.9 Å². The molecule has 2 heterocycles. The molecular weight excluding hydrogens is 328 g/mol. The van der Waals surface area contributed by atoms with Crippen LogP contribution < -0.4 is 11.1 Å². The van der Waals surface area contributed by atoms with Crippen molar-refractivity contribution in [3.05, 3.63) is 11.8 Å². The second kappa shape index (κ2) is 8.53. The number of piperidine rings is 1. The molecule has 3 atom stereocenters. The van der Waals surface area contributed by atoms with Crippen molar-refractivity contribution in [1.29, 1.82) is 0 Å². The minimum Gasteiger partial charge on any atom is -0.360 e. The summed E-state index contributed by atoms with van der Waals surface area (Å²) < 4.78 is 4.91. The average molecular weight is 354 g/mol. The molecule has 1 aliphatic rings. The van der Waals surface area contributed by atoms with E-state index in [0.717, 1.165) is 19.4 Å². The summed E-state index contributed by atoms with van der Waals surface area (Å²) in [5, 5.41) is 6.06. The van der Waals surface area contributed by atoms with Gasteiger partial charge in [0.25, 0.3) is 0 Å². The quantitative estimate of drug-likeness (QED) is 0.805. The van der Waals surface area contributed by atoms with E-state index in [4.69, 9.17) is 10.3 Å². The summed E-state index contributed by atoms with van der Waals surface area (Å²) in [5.74, 6) is 1.77. The van der Waals surface area contributed by atoms with Crippen LogP contribution in [-0.4, -0.2) is 52.0 Å². The van der Waals surface area contributed by atoms with Gasteiger partial charge < -0.3 is 20.5 Å². The molecule has 0 aliphatic carbocycles. The summed E-state index contributed by atoms with van der Waals surface area (Å²) in [6.45, 7) is 6.96. The van der Waals surface area contributed by atoms with Gasteiger partial charge in [-0.05, 0) is 32.6 Å². The van der Waals surface area contributed by atoms with Crippen LogP contribution in [0.5, 0.6) is 0 Å². The molecule has 3 unspecified atom stereocenters. The lowest BCUT2D eigenvalue weighted by molar-refractivity contribution is -0.132. The lowest BCUT2D eigenvalue weighted by Crippen LogP contribution is -2.50. The molecule has 1 aliphatic heterocycles. The Labute approximate surface area is 146 Å². The maximum Gasteiger partial charge on any atom is 0.238 e. The van der Waals surface area contributed by atoms with Crippen molar-refractivity contribution in [2.45, 2.75) is 44.9 Å². The van der Waals surface area contributed by atoms with Crippen molar-refractivity contribution in [2.75, 3.05) is 24.2 Å². The van der Waals surface area contributed by atoms with Gasteiger partial charge in [0.05, 0.1) is 11.0 Å². The highest BCUT2D eigenvalue weighted by molar-refractivity contribution is 8.01. The first kappa shape index (κ1) is 18.8. The molecule has 1 fully saturated rings. The van der Waals surface area contributed by atoms with Crippen LogP contribution in [0.15, 0.2) is 10.6 Å². The van der Waals surface area contributed by atoms with Crippen LogP contribution in [0, 0.1) is 12.8 Å². The van der Waals surface area contributed by atoms with Gasteiger partial charge in [0.1, 0.15) is 5.76 Å². The number of nitrogens with one attached hydrogen (secondary N) is 1. The number of likely N-dealkylation sites (tertiary alicyclic amines) is 1. The number of thioether (sulfide) groups is 1. The fourth-order valence-electron chi connectivity index (χ4n) is 2.81. The van der Waals surface area contributed by atoms with Gasteiger partial charge in [-0.1, -0.05) is 12.1 Å². The van der Waals surface area contributed by atoms with Crippen LogP contribution in [0.1, 0.15) is 32.4 Å². The van der Waals surface area contributed by atoms with E-state index in [2.05, 4.69) is 17.4 Å². The van der Waals surface area contributed by atoms with E-state index in [9.17, 15) is 9.59 Å². The van der Waals surface area contributed by atoms with Gasteiger partial charge in [0.15, 0.2) is 5.82 Å². The van der Waals surface area contributed by atoms with E-state index < -0.39 is 0 Å². The highest BCUT2D eigenvalue weighted by atomic mass is 32.2. The van der Waals surface area contributed by atoms with Crippen molar-refractivity contribution in [2.24, 2.45) is 11.7 Å². The molecule has 0 bridgehead atoms. The van der Waals surface area contributed by atoms with Crippen molar-refractivity contribution >= 4 is 29.4 Å². The molecule has 3 N–H and O–H groups in total. The highest BCUT2D eigenvalue weighted by Gasteiger charge is 2.29. The van der Waals surface area contributed by atoms with Crippen LogP contribution in [0.25, 0.3) is 0 Å². The van der Waals surface area contributed by atoms with Gasteiger partial charge in [-0.15, -0.1) is 11.8 Å². The predicted molar refractivity (Wildman–Crippen MR) is 94.7 cm³/mol. The van der Waals surface area contributed by atoms with Gasteiger partial charge in [0.2, 0.25) is 11.8 Å². The number of nitrogens with two attached hydrogens (primary N) is 1. The molecule has 7 nitrogen and oxygen atoms in total. The summed E-state index contributed by atoms with van der Waals surface area (Å²) in [7, 11) is 0. The Morgan fingerprint density at radius 3 is 2.96 bits per heavy atom. The van der Waals surface area contributed by atoms with E-state index >= 15 is 0 Å². The maximum absolute atomic E-state index is 12.5. The molecule has 0 spiro atoms. The molecule has 8 heteroatoms. The van der Waals surface area contributed by atoms with Gasteiger partial charge in [0, 0.05) is 25.2 Å². The van der Waals surface area contributed by atoms with Gasteiger partial charge >= 0.3 is 0 Å². The number of rotatable bonds is 6. The summed E-state index contributed by atoms with van der Waals surface area (Å²) in [4.78, 5) is 26.4. The molecule has 24 heavy (non-hydrogen) atoms. The fourth-order valence-corrected chi connectivity index (χ4v) is 3.58. The minimum absolute atomic E-state index is 0.0549. The first-order valence-electron chi connectivity index (χ1n) is 8.26. The zero-order chi connectivity index (χ0) is 17.7. The average Bonchev–Trinajstić information content (AvgIpc) is 2.96. The van der Waals surface area contributed by atoms with E-state index in [1.165, 1.54) is 11.8 Å². The normalized spacial score (nSPS) is 22.2. The first-order valence-corrected chi connectivity index (χ1v) is 9.31. The standard InChI is InChI=1S/C16H26N4O3S/c1-10-4-5-20(13(6-10)8-17)15(21)9-24-12(3)16(22)18-14-7-11(2)23-19-14/h7,10,12-13H,4-6,8-9,17H2,1-3H3,(H,18,19,22). The number of aryl methyl sites for hydroxylation is 1. The second-order valence-corrected chi connectivity index (χ2v) is 7.70. The molecule has 134 valence electrons. The third-order valence-electron chi connectivity index (χ3n) is 4.28. The van der Waals surface area contributed by atoms with E-state index in [1.807, 2.05) is 4.90 Å². The van der Waals surface area contributed by atoms with Crippen LogP contribution >= 0.6 is 11.8 Å². The van der Waals surface area contributed by atoms with Crippen molar-refractivity contribution in [1.82, 2.24) is 10.1 Å². The summed E-state index contributed by atoms with van der Waals surface area (Å²) in [6.07, 6.45) is 1.96. The molecule has 0 radical (unpaired) electrons. The summed E-state index contributed by atoms with van der Waals surface area (Å²) in [5.41, 5.74) is 5.81. The number of nitrogens with zero attached hydrogens (tertiary/aromatic N) is 2. The summed E-state index contributed by atoms with van der Waals surface area (Å²) in [6, 6.07) is 1.77. The zero-order valence-corrected chi connectivity index (χ0v) is 15.3. The van der Waals surface area contributed by atoms with Crippen LogP contribution in [0.2, 0.25) is 0 Å². The Morgan fingerprint density at radius 1 is 1.58 bits per heavy atom. The Hall–Kier alpha value is -1.54. The van der Waals surface area contributed by atoms with Crippen molar-refractivity contribution in [3.63, 3.8) is 0 Å². The topological polar surface area (TPSA) is 101 Å². The van der Waals surface area contributed by atoms with E-state index in [1.54, 1.807) is 19.9 Å². The molecule has 2 amide bonds. The van der Waals surface area contributed by atoms with Crippen molar-refractivity contribution in [3.8, 4) is 0 Å². The van der Waals surface area contributed by atoms with Crippen LogP contribution in [0.3, 0.4) is 0 Å². The Balaban J connectivity index is 1.80. The minimum atomic E-state index is -0.356. The maximum atomic E-state index is 12.5. The van der Waals surface area contributed by atoms with Gasteiger partial charge in [-0.25, -0.2) is 0 Å².